The molecule has 0 aromatic heterocycles. The fourth-order valence-electron chi connectivity index (χ4n) is 1.16. The Labute approximate surface area is 85.0 Å². The van der Waals surface area contributed by atoms with Gasteiger partial charge in [0.1, 0.15) is 0 Å². The third-order valence-corrected chi connectivity index (χ3v) is 4.14. The van der Waals surface area contributed by atoms with Gasteiger partial charge in [-0.2, -0.15) is 0 Å². The lowest BCUT2D eigenvalue weighted by Gasteiger charge is -2.35. The Morgan fingerprint density at radius 3 is 1.64 bits per heavy atom. The molecule has 0 radical (unpaired) electrons. The maximum atomic E-state index is 2.44. The SMILES string of the molecule is CCC(CC)N(I)C(C)(C)C. The number of hydrogen-bond acceptors (Lipinski definition) is 1. The smallest absolute Gasteiger partial charge is 0.0223 e. The van der Waals surface area contributed by atoms with E-state index in [1.807, 2.05) is 0 Å². The molecule has 0 aliphatic heterocycles. The van der Waals surface area contributed by atoms with Gasteiger partial charge in [0.05, 0.1) is 0 Å². The average molecular weight is 269 g/mol. The highest BCUT2D eigenvalue weighted by atomic mass is 127. The second-order valence-corrected chi connectivity index (χ2v) is 4.99. The van der Waals surface area contributed by atoms with E-state index < -0.39 is 0 Å². The van der Waals surface area contributed by atoms with E-state index in [2.05, 4.69) is 60.6 Å². The van der Waals surface area contributed by atoms with Gasteiger partial charge in [-0.05, 0) is 33.6 Å². The molecule has 0 atom stereocenters. The van der Waals surface area contributed by atoms with Gasteiger partial charge in [-0.15, -0.1) is 0 Å². The van der Waals surface area contributed by atoms with Crippen molar-refractivity contribution in [3.8, 4) is 0 Å². The molecule has 0 unspecified atom stereocenters. The van der Waals surface area contributed by atoms with Crippen LogP contribution in [-0.4, -0.2) is 14.7 Å². The molecule has 68 valence electrons. The molecule has 0 heterocycles. The molecule has 11 heavy (non-hydrogen) atoms. The van der Waals surface area contributed by atoms with Crippen LogP contribution in [0.2, 0.25) is 0 Å². The zero-order valence-electron chi connectivity index (χ0n) is 8.32. The molecular weight excluding hydrogens is 249 g/mol. The van der Waals surface area contributed by atoms with Crippen molar-refractivity contribution in [2.75, 3.05) is 0 Å². The van der Waals surface area contributed by atoms with E-state index in [1.54, 1.807) is 0 Å². The molecule has 0 saturated heterocycles. The Morgan fingerprint density at radius 2 is 1.55 bits per heavy atom. The molecule has 0 N–H and O–H groups in total. The van der Waals surface area contributed by atoms with Gasteiger partial charge in [0.25, 0.3) is 0 Å². The summed E-state index contributed by atoms with van der Waals surface area (Å²) < 4.78 is 2.44. The molecule has 0 aliphatic rings. The van der Waals surface area contributed by atoms with Gasteiger partial charge in [-0.3, -0.25) is 0 Å². The third-order valence-electron chi connectivity index (χ3n) is 1.90. The van der Waals surface area contributed by atoms with E-state index in [4.69, 9.17) is 0 Å². The fraction of sp³-hybridized carbons (Fsp3) is 1.00. The Morgan fingerprint density at radius 1 is 1.18 bits per heavy atom. The van der Waals surface area contributed by atoms with Crippen LogP contribution < -0.4 is 0 Å². The summed E-state index contributed by atoms with van der Waals surface area (Å²) in [5.41, 5.74) is 0.303. The highest BCUT2D eigenvalue weighted by Gasteiger charge is 2.24. The summed E-state index contributed by atoms with van der Waals surface area (Å²) in [6.07, 6.45) is 2.49. The van der Waals surface area contributed by atoms with Crippen molar-refractivity contribution in [3.63, 3.8) is 0 Å². The fourth-order valence-corrected chi connectivity index (χ4v) is 1.94. The van der Waals surface area contributed by atoms with Gasteiger partial charge in [0.15, 0.2) is 0 Å². The zero-order chi connectivity index (χ0) is 9.07. The summed E-state index contributed by atoms with van der Waals surface area (Å²) in [5, 5.41) is 0. The van der Waals surface area contributed by atoms with Crippen LogP contribution in [0.15, 0.2) is 0 Å². The molecule has 0 spiro atoms. The van der Waals surface area contributed by atoms with Crippen LogP contribution in [0, 0.1) is 0 Å². The largest absolute Gasteiger partial charge is 0.239 e. The standard InChI is InChI=1S/C9H20IN/c1-6-8(7-2)11(10)9(3,4)5/h8H,6-7H2,1-5H3. The molecule has 0 rings (SSSR count). The molecule has 0 amide bonds. The van der Waals surface area contributed by atoms with Gasteiger partial charge in [-0.1, -0.05) is 13.8 Å². The summed E-state index contributed by atoms with van der Waals surface area (Å²) >= 11 is 2.44. The maximum Gasteiger partial charge on any atom is 0.0223 e. The van der Waals surface area contributed by atoms with Gasteiger partial charge >= 0.3 is 0 Å². The molecule has 0 aliphatic carbocycles. The van der Waals surface area contributed by atoms with Crippen LogP contribution >= 0.6 is 22.9 Å². The zero-order valence-corrected chi connectivity index (χ0v) is 10.5. The molecule has 0 aromatic carbocycles. The number of halogens is 1. The first-order chi connectivity index (χ1) is 4.93. The summed E-state index contributed by atoms with van der Waals surface area (Å²) in [6, 6.07) is 0.732. The van der Waals surface area contributed by atoms with Crippen molar-refractivity contribution < 1.29 is 0 Å². The van der Waals surface area contributed by atoms with E-state index in [0.717, 1.165) is 6.04 Å². The van der Waals surface area contributed by atoms with Crippen LogP contribution in [0.4, 0.5) is 0 Å². The lowest BCUT2D eigenvalue weighted by molar-refractivity contribution is 0.225. The first-order valence-electron chi connectivity index (χ1n) is 4.38. The summed E-state index contributed by atoms with van der Waals surface area (Å²) in [6.45, 7) is 11.3. The molecule has 0 aromatic rings. The second kappa shape index (κ2) is 4.65. The van der Waals surface area contributed by atoms with E-state index in [1.165, 1.54) is 12.8 Å². The van der Waals surface area contributed by atoms with Crippen LogP contribution in [0.1, 0.15) is 47.5 Å². The number of nitrogens with zero attached hydrogens (tertiary/aromatic N) is 1. The summed E-state index contributed by atoms with van der Waals surface area (Å²) in [5.74, 6) is 0. The van der Waals surface area contributed by atoms with Crippen molar-refractivity contribution in [1.29, 1.82) is 0 Å². The Hall–Kier alpha value is 0.690. The minimum Gasteiger partial charge on any atom is -0.239 e. The van der Waals surface area contributed by atoms with Crippen LogP contribution in [0.25, 0.3) is 0 Å². The van der Waals surface area contributed by atoms with Crippen LogP contribution in [0.5, 0.6) is 0 Å². The molecule has 0 fully saturated rings. The van der Waals surface area contributed by atoms with E-state index in [0.29, 0.717) is 5.54 Å². The Bertz CT molecular complexity index is 103. The number of rotatable bonds is 3. The summed E-state index contributed by atoms with van der Waals surface area (Å²) in [4.78, 5) is 0. The second-order valence-electron chi connectivity index (χ2n) is 3.95. The van der Waals surface area contributed by atoms with Crippen molar-refractivity contribution in [1.82, 2.24) is 3.11 Å². The monoisotopic (exact) mass is 269 g/mol. The lowest BCUT2D eigenvalue weighted by Crippen LogP contribution is -2.40. The van der Waals surface area contributed by atoms with Crippen LogP contribution in [0.3, 0.4) is 0 Å². The third kappa shape index (κ3) is 3.74. The predicted octanol–water partition coefficient (Wildman–Crippen LogP) is 3.63. The van der Waals surface area contributed by atoms with E-state index in [9.17, 15) is 0 Å². The molecule has 1 nitrogen and oxygen atoms in total. The van der Waals surface area contributed by atoms with Crippen molar-refractivity contribution >= 4 is 22.9 Å². The minimum absolute atomic E-state index is 0.303. The number of hydrogen-bond donors (Lipinski definition) is 0. The van der Waals surface area contributed by atoms with E-state index in [-0.39, 0.29) is 0 Å². The van der Waals surface area contributed by atoms with Gasteiger partial charge < -0.3 is 0 Å². The normalized spacial score (nSPS) is 13.1. The molecule has 0 saturated carbocycles. The molecule has 0 bridgehead atoms. The Balaban J connectivity index is 4.09. The molecular formula is C9H20IN. The highest BCUT2D eigenvalue weighted by molar-refractivity contribution is 14.1. The first-order valence-corrected chi connectivity index (χ1v) is 5.35. The lowest BCUT2D eigenvalue weighted by atomic mass is 10.0. The minimum atomic E-state index is 0.303. The molecule has 2 heteroatoms. The van der Waals surface area contributed by atoms with Gasteiger partial charge in [0.2, 0.25) is 0 Å². The van der Waals surface area contributed by atoms with E-state index >= 15 is 0 Å². The quantitative estimate of drug-likeness (QED) is 0.558. The summed E-state index contributed by atoms with van der Waals surface area (Å²) in [7, 11) is 0. The van der Waals surface area contributed by atoms with Crippen molar-refractivity contribution in [2.45, 2.75) is 59.0 Å². The van der Waals surface area contributed by atoms with Gasteiger partial charge in [-0.25, -0.2) is 3.11 Å². The average Bonchev–Trinajstić information content (AvgIpc) is 1.88. The van der Waals surface area contributed by atoms with Crippen molar-refractivity contribution in [3.05, 3.63) is 0 Å². The first kappa shape index (κ1) is 11.7. The van der Waals surface area contributed by atoms with Gasteiger partial charge in [0, 0.05) is 34.4 Å². The highest BCUT2D eigenvalue weighted by Crippen LogP contribution is 2.24. The Kier molecular flexibility index (Phi) is 4.94. The van der Waals surface area contributed by atoms with Crippen molar-refractivity contribution in [2.24, 2.45) is 0 Å². The predicted molar refractivity (Wildman–Crippen MR) is 60.0 cm³/mol. The topological polar surface area (TPSA) is 3.24 Å². The van der Waals surface area contributed by atoms with Crippen LogP contribution in [-0.2, 0) is 0 Å². The maximum absolute atomic E-state index is 2.44.